The molecule has 2 aromatic heterocycles. The summed E-state index contributed by atoms with van der Waals surface area (Å²) in [5.74, 6) is 0.445. The summed E-state index contributed by atoms with van der Waals surface area (Å²) in [6.45, 7) is 5.10. The molecule has 0 fully saturated rings. The molecule has 0 spiro atoms. The third-order valence-electron chi connectivity index (χ3n) is 7.85. The Morgan fingerprint density at radius 3 is 2.00 bits per heavy atom. The van der Waals surface area contributed by atoms with Crippen molar-refractivity contribution in [1.82, 2.24) is 4.57 Å². The third kappa shape index (κ3) is 7.50. The Morgan fingerprint density at radius 1 is 0.808 bits per heavy atom. The molecule has 2 heterocycles. The van der Waals surface area contributed by atoms with E-state index in [-0.39, 0.29) is 51.9 Å². The van der Waals surface area contributed by atoms with Gasteiger partial charge in [-0.3, -0.25) is 14.7 Å². The van der Waals surface area contributed by atoms with E-state index in [9.17, 15) is 19.6 Å². The van der Waals surface area contributed by atoms with Crippen molar-refractivity contribution >= 4 is 28.5 Å². The number of ether oxygens (including phenoxy) is 7. The van der Waals surface area contributed by atoms with Crippen molar-refractivity contribution in [3.63, 3.8) is 0 Å². The summed E-state index contributed by atoms with van der Waals surface area (Å²) in [6.07, 6.45) is 0.684. The van der Waals surface area contributed by atoms with Crippen LogP contribution in [-0.4, -0.2) is 57.8 Å². The van der Waals surface area contributed by atoms with Crippen LogP contribution in [0.2, 0.25) is 0 Å². The van der Waals surface area contributed by atoms with E-state index in [2.05, 4.69) is 5.32 Å². The molecule has 0 aliphatic carbocycles. The lowest BCUT2D eigenvalue weighted by atomic mass is 9.95. The molecule has 14 nitrogen and oxygen atoms in total. The number of aromatic nitrogens is 2. The van der Waals surface area contributed by atoms with Gasteiger partial charge in [-0.1, -0.05) is 0 Å². The van der Waals surface area contributed by atoms with E-state index >= 15 is 0 Å². The zero-order valence-electron chi connectivity index (χ0n) is 30.0. The number of hydrogen-bond acceptors (Lipinski definition) is 11. The Hall–Kier alpha value is -6.44. The second kappa shape index (κ2) is 15.2. The Kier molecular flexibility index (Phi) is 10.8. The van der Waals surface area contributed by atoms with E-state index in [4.69, 9.17) is 33.2 Å². The lowest BCUT2D eigenvalue weighted by molar-refractivity contribution is -0.616. The van der Waals surface area contributed by atoms with E-state index < -0.39 is 23.2 Å². The first-order valence-electron chi connectivity index (χ1n) is 15.9. The zero-order chi connectivity index (χ0) is 37.7. The topological polar surface area (TPSA) is 160 Å². The molecule has 0 saturated carbocycles. The second-order valence-electron chi connectivity index (χ2n) is 12.3. The summed E-state index contributed by atoms with van der Waals surface area (Å²) in [7, 11) is 7.02. The predicted octanol–water partition coefficient (Wildman–Crippen LogP) is 6.04. The average molecular weight is 714 g/mol. The molecule has 0 atom stereocenters. The van der Waals surface area contributed by atoms with Gasteiger partial charge in [-0.15, -0.1) is 0 Å². The van der Waals surface area contributed by atoms with E-state index in [1.54, 1.807) is 81.4 Å². The largest absolute Gasteiger partial charge is 0.618 e. The average Bonchev–Trinajstić information content (AvgIpc) is 3.12. The first-order valence-corrected chi connectivity index (χ1v) is 15.9. The molecule has 1 amide bonds. The number of carbonyl (C=O) groups excluding carboxylic acids is 2. The van der Waals surface area contributed by atoms with Gasteiger partial charge in [-0.2, -0.15) is 4.73 Å². The Bertz CT molecular complexity index is 2160. The molecule has 5 rings (SSSR count). The summed E-state index contributed by atoms with van der Waals surface area (Å²) in [6, 6.07) is 17.5. The Balaban J connectivity index is 1.82. The smallest absolute Gasteiger partial charge is 0.412 e. The van der Waals surface area contributed by atoms with Gasteiger partial charge in [0.2, 0.25) is 11.4 Å². The lowest BCUT2D eigenvalue weighted by Gasteiger charge is -2.22. The van der Waals surface area contributed by atoms with Gasteiger partial charge in [0.15, 0.2) is 35.8 Å². The van der Waals surface area contributed by atoms with Crippen molar-refractivity contribution in [3.05, 3.63) is 99.9 Å². The van der Waals surface area contributed by atoms with Gasteiger partial charge < -0.3 is 38.4 Å². The molecule has 5 aromatic rings. The predicted molar refractivity (Wildman–Crippen MR) is 192 cm³/mol. The molecule has 0 aliphatic rings. The standard InChI is InChI=1S/C38H39N3O11/c1-38(2,3)52-37(44)39-23-12-14-24(15-13-23)41-33(36(43)50-8)32(22-17-30(47-5)34(49-7)31(18-22)48-6)26-19-28(46-4)29(20-27(26)35(41)42)51-21-25-11-9-10-16-40(25)45/h9-20H,21H2,1-8H3,(H,39,44). The first kappa shape index (κ1) is 36.8. The summed E-state index contributed by atoms with van der Waals surface area (Å²) >= 11 is 0. The van der Waals surface area contributed by atoms with Crippen LogP contribution in [0.15, 0.2) is 77.7 Å². The van der Waals surface area contributed by atoms with E-state index in [0.29, 0.717) is 32.8 Å². The quantitative estimate of drug-likeness (QED) is 0.0966. The van der Waals surface area contributed by atoms with E-state index in [1.807, 2.05) is 0 Å². The van der Waals surface area contributed by atoms with Gasteiger partial charge in [0, 0.05) is 34.5 Å². The number of anilines is 1. The van der Waals surface area contributed by atoms with Gasteiger partial charge in [0.1, 0.15) is 11.3 Å². The molecule has 0 radical (unpaired) electrons. The fourth-order valence-electron chi connectivity index (χ4n) is 5.57. The molecular weight excluding hydrogens is 674 g/mol. The van der Waals surface area contributed by atoms with Crippen LogP contribution in [0.4, 0.5) is 10.5 Å². The summed E-state index contributed by atoms with van der Waals surface area (Å²) in [5, 5.41) is 15.4. The van der Waals surface area contributed by atoms with Crippen molar-refractivity contribution in [3.8, 4) is 45.6 Å². The zero-order valence-corrected chi connectivity index (χ0v) is 30.0. The maximum atomic E-state index is 14.6. The monoisotopic (exact) mass is 713 g/mol. The number of methoxy groups -OCH3 is 5. The SMILES string of the molecule is COC(=O)c1c(-c2cc(OC)c(OC)c(OC)c2)c2cc(OC)c(OCc3cccc[n+]3[O-])cc2c(=O)n1-c1ccc(NC(=O)OC(C)(C)C)cc1. The molecule has 1 N–H and O–H groups in total. The minimum absolute atomic E-state index is 0.130. The Morgan fingerprint density at radius 2 is 1.44 bits per heavy atom. The minimum atomic E-state index is -0.831. The number of benzene rings is 3. The maximum absolute atomic E-state index is 14.6. The van der Waals surface area contributed by atoms with Gasteiger partial charge in [0.05, 0.1) is 40.9 Å². The number of carbonyl (C=O) groups is 2. The van der Waals surface area contributed by atoms with Crippen molar-refractivity contribution in [2.45, 2.75) is 33.0 Å². The number of hydrogen-bond donors (Lipinski definition) is 1. The van der Waals surface area contributed by atoms with Gasteiger partial charge >= 0.3 is 12.1 Å². The normalized spacial score (nSPS) is 11.1. The van der Waals surface area contributed by atoms with Crippen LogP contribution in [0.3, 0.4) is 0 Å². The number of amides is 1. The minimum Gasteiger partial charge on any atom is -0.618 e. The molecule has 3 aromatic carbocycles. The van der Waals surface area contributed by atoms with E-state index in [1.165, 1.54) is 52.4 Å². The summed E-state index contributed by atoms with van der Waals surface area (Å²) in [5.41, 5.74) is 0.190. The van der Waals surface area contributed by atoms with E-state index in [0.717, 1.165) is 0 Å². The highest BCUT2D eigenvalue weighted by Gasteiger charge is 2.29. The van der Waals surface area contributed by atoms with Crippen molar-refractivity contribution in [1.29, 1.82) is 0 Å². The fraction of sp³-hybridized carbons (Fsp3) is 0.263. The molecule has 0 bridgehead atoms. The van der Waals surface area contributed by atoms with Crippen LogP contribution in [-0.2, 0) is 16.1 Å². The molecule has 0 unspecified atom stereocenters. The summed E-state index contributed by atoms with van der Waals surface area (Å²) in [4.78, 5) is 40.9. The van der Waals surface area contributed by atoms with Crippen LogP contribution in [0, 0.1) is 5.21 Å². The molecule has 272 valence electrons. The molecule has 14 heteroatoms. The van der Waals surface area contributed by atoms with Crippen LogP contribution in [0.5, 0.6) is 28.7 Å². The molecule has 0 aliphatic heterocycles. The Labute approximate surface area is 299 Å². The number of rotatable bonds is 11. The van der Waals surface area contributed by atoms with Crippen LogP contribution in [0.25, 0.3) is 27.6 Å². The van der Waals surface area contributed by atoms with Crippen LogP contribution < -0.4 is 39.3 Å². The van der Waals surface area contributed by atoms with Gasteiger partial charge in [-0.05, 0) is 80.9 Å². The number of esters is 1. The summed E-state index contributed by atoms with van der Waals surface area (Å²) < 4.78 is 41.1. The van der Waals surface area contributed by atoms with Crippen LogP contribution in [0.1, 0.15) is 37.0 Å². The van der Waals surface area contributed by atoms with Gasteiger partial charge in [-0.25, -0.2) is 9.59 Å². The molecule has 0 saturated heterocycles. The third-order valence-corrected chi connectivity index (χ3v) is 7.85. The van der Waals surface area contributed by atoms with Crippen molar-refractivity contribution < 1.29 is 47.5 Å². The first-order chi connectivity index (χ1) is 24.8. The highest BCUT2D eigenvalue weighted by molar-refractivity contribution is 6.08. The fourth-order valence-corrected chi connectivity index (χ4v) is 5.57. The van der Waals surface area contributed by atoms with Crippen molar-refractivity contribution in [2.24, 2.45) is 0 Å². The lowest BCUT2D eigenvalue weighted by Crippen LogP contribution is -2.31. The molecular formula is C38H39N3O11. The number of pyridine rings is 2. The number of fused-ring (bicyclic) bond motifs is 1. The number of nitrogens with zero attached hydrogens (tertiary/aromatic N) is 2. The van der Waals surface area contributed by atoms with Crippen LogP contribution >= 0.6 is 0 Å². The highest BCUT2D eigenvalue weighted by atomic mass is 16.6. The molecule has 52 heavy (non-hydrogen) atoms. The second-order valence-corrected chi connectivity index (χ2v) is 12.3. The van der Waals surface area contributed by atoms with Crippen molar-refractivity contribution in [2.75, 3.05) is 40.9 Å². The highest BCUT2D eigenvalue weighted by Crippen LogP contribution is 2.45. The maximum Gasteiger partial charge on any atom is 0.412 e. The number of nitrogens with one attached hydrogen (secondary N) is 1. The van der Waals surface area contributed by atoms with Gasteiger partial charge in [0.25, 0.3) is 5.56 Å².